The molecule has 0 amide bonds. The second-order valence-electron chi connectivity index (χ2n) is 1.57. The lowest BCUT2D eigenvalue weighted by Gasteiger charge is -1.82. The number of likely N-dealkylation sites (N-methyl/N-ethyl adjacent to an activating group) is 1. The summed E-state index contributed by atoms with van der Waals surface area (Å²) in [5.41, 5.74) is 0. The Morgan fingerprint density at radius 2 is 2.57 bits per heavy atom. The topological polar surface area (TPSA) is 44.8 Å². The Bertz CT molecular complexity index is 58.7. The molecule has 1 heterocycles. The van der Waals surface area contributed by atoms with Crippen LogP contribution in [0, 0.1) is 0 Å². The zero-order valence-electron chi connectivity index (χ0n) is 4.22. The molecule has 7 heavy (non-hydrogen) atoms. The van der Waals surface area contributed by atoms with Gasteiger partial charge < -0.3 is 9.84 Å². The molecule has 0 saturated carbocycles. The first-order valence-electron chi connectivity index (χ1n) is 2.32. The van der Waals surface area contributed by atoms with Crippen molar-refractivity contribution in [2.24, 2.45) is 0 Å². The van der Waals surface area contributed by atoms with Crippen molar-refractivity contribution < 1.29 is 9.84 Å². The van der Waals surface area contributed by atoms with E-state index in [-0.39, 0.29) is 18.9 Å². The predicted molar refractivity (Wildman–Crippen MR) is 24.8 cm³/mol. The average molecular weight is 103 g/mol. The van der Waals surface area contributed by atoms with Gasteiger partial charge in [0.1, 0.15) is 12.3 Å². The zero-order chi connectivity index (χ0) is 5.28. The summed E-state index contributed by atoms with van der Waals surface area (Å²) < 4.78 is 4.85. The Morgan fingerprint density at radius 3 is 2.71 bits per heavy atom. The average Bonchev–Trinajstić information content (AvgIpc) is 2.43. The molecular formula is C4H9NO2. The van der Waals surface area contributed by atoms with Crippen molar-refractivity contribution in [3.05, 3.63) is 0 Å². The van der Waals surface area contributed by atoms with Gasteiger partial charge in [0.2, 0.25) is 0 Å². The predicted octanol–water partition coefficient (Wildman–Crippen LogP) is -1.08. The highest BCUT2D eigenvalue weighted by atomic mass is 16.6. The molecule has 2 N–H and O–H groups in total. The molecule has 1 saturated heterocycles. The molecule has 0 radical (unpaired) electrons. The van der Waals surface area contributed by atoms with Crippen molar-refractivity contribution in [1.82, 2.24) is 5.32 Å². The SMILES string of the molecule is CNC1OC1CO. The molecule has 1 aliphatic heterocycles. The summed E-state index contributed by atoms with van der Waals surface area (Å²) in [6, 6.07) is 0. The van der Waals surface area contributed by atoms with Crippen molar-refractivity contribution in [1.29, 1.82) is 0 Å². The van der Waals surface area contributed by atoms with Crippen LogP contribution in [0.15, 0.2) is 0 Å². The minimum atomic E-state index is 0.0602. The Morgan fingerprint density at radius 1 is 1.86 bits per heavy atom. The van der Waals surface area contributed by atoms with E-state index < -0.39 is 0 Å². The van der Waals surface area contributed by atoms with Crippen LogP contribution in [0.3, 0.4) is 0 Å². The molecule has 2 atom stereocenters. The smallest absolute Gasteiger partial charge is 0.137 e. The first-order chi connectivity index (χ1) is 3.38. The third kappa shape index (κ3) is 0.907. The van der Waals surface area contributed by atoms with Crippen molar-refractivity contribution in [3.63, 3.8) is 0 Å². The van der Waals surface area contributed by atoms with Crippen LogP contribution < -0.4 is 5.32 Å². The van der Waals surface area contributed by atoms with Crippen LogP contribution in [0.4, 0.5) is 0 Å². The van der Waals surface area contributed by atoms with Crippen LogP contribution in [-0.2, 0) is 4.74 Å². The van der Waals surface area contributed by atoms with Gasteiger partial charge >= 0.3 is 0 Å². The summed E-state index contributed by atoms with van der Waals surface area (Å²) in [4.78, 5) is 0. The third-order valence-electron chi connectivity index (χ3n) is 1.05. The summed E-state index contributed by atoms with van der Waals surface area (Å²) in [5, 5.41) is 11.2. The minimum absolute atomic E-state index is 0.0602. The number of aliphatic hydroxyl groups is 1. The van der Waals surface area contributed by atoms with E-state index in [0.717, 1.165) is 0 Å². The molecule has 0 bridgehead atoms. The molecule has 2 unspecified atom stereocenters. The first kappa shape index (κ1) is 5.03. The van der Waals surface area contributed by atoms with Gasteiger partial charge in [-0.1, -0.05) is 0 Å². The van der Waals surface area contributed by atoms with E-state index >= 15 is 0 Å². The first-order valence-corrected chi connectivity index (χ1v) is 2.32. The monoisotopic (exact) mass is 103 g/mol. The molecule has 0 aromatic carbocycles. The number of epoxide rings is 1. The van der Waals surface area contributed by atoms with Gasteiger partial charge in [-0.05, 0) is 7.05 Å². The highest BCUT2D eigenvalue weighted by Gasteiger charge is 2.36. The van der Waals surface area contributed by atoms with Gasteiger partial charge in [-0.15, -0.1) is 0 Å². The number of hydrogen-bond donors (Lipinski definition) is 2. The fraction of sp³-hybridized carbons (Fsp3) is 1.00. The van der Waals surface area contributed by atoms with Crippen LogP contribution in [0.25, 0.3) is 0 Å². The molecule has 0 aromatic heterocycles. The van der Waals surface area contributed by atoms with Crippen molar-refractivity contribution >= 4 is 0 Å². The summed E-state index contributed by atoms with van der Waals surface area (Å²) in [6.07, 6.45) is 0.176. The maximum atomic E-state index is 8.34. The van der Waals surface area contributed by atoms with Gasteiger partial charge in [0.15, 0.2) is 0 Å². The molecule has 1 rings (SSSR count). The van der Waals surface area contributed by atoms with Crippen LogP contribution in [-0.4, -0.2) is 31.1 Å². The molecule has 0 aliphatic carbocycles. The molecule has 1 aliphatic rings. The van der Waals surface area contributed by atoms with Crippen molar-refractivity contribution in [2.45, 2.75) is 12.3 Å². The fourth-order valence-corrected chi connectivity index (χ4v) is 0.536. The molecule has 3 nitrogen and oxygen atoms in total. The molecule has 0 aromatic rings. The second kappa shape index (κ2) is 1.78. The van der Waals surface area contributed by atoms with E-state index in [0.29, 0.717) is 0 Å². The van der Waals surface area contributed by atoms with E-state index in [1.165, 1.54) is 0 Å². The lowest BCUT2D eigenvalue weighted by Crippen LogP contribution is -2.14. The Balaban J connectivity index is 2.06. The number of aliphatic hydroxyl groups excluding tert-OH is 1. The van der Waals surface area contributed by atoms with E-state index in [4.69, 9.17) is 9.84 Å². The molecule has 3 heteroatoms. The number of hydrogen-bond acceptors (Lipinski definition) is 3. The Labute approximate surface area is 42.3 Å². The van der Waals surface area contributed by atoms with Gasteiger partial charge in [0.25, 0.3) is 0 Å². The summed E-state index contributed by atoms with van der Waals surface area (Å²) in [6.45, 7) is 0.130. The van der Waals surface area contributed by atoms with Gasteiger partial charge in [0, 0.05) is 0 Å². The van der Waals surface area contributed by atoms with Crippen molar-refractivity contribution in [2.75, 3.05) is 13.7 Å². The third-order valence-corrected chi connectivity index (χ3v) is 1.05. The largest absolute Gasteiger partial charge is 0.394 e. The molecular weight excluding hydrogens is 94.0 g/mol. The van der Waals surface area contributed by atoms with E-state index in [9.17, 15) is 0 Å². The number of rotatable bonds is 2. The van der Waals surface area contributed by atoms with Crippen LogP contribution >= 0.6 is 0 Å². The minimum Gasteiger partial charge on any atom is -0.394 e. The van der Waals surface area contributed by atoms with Gasteiger partial charge in [0.05, 0.1) is 6.61 Å². The molecule has 0 spiro atoms. The van der Waals surface area contributed by atoms with Crippen LogP contribution in [0.5, 0.6) is 0 Å². The highest BCUT2D eigenvalue weighted by Crippen LogP contribution is 2.16. The van der Waals surface area contributed by atoms with E-state index in [1.54, 1.807) is 7.05 Å². The van der Waals surface area contributed by atoms with E-state index in [1.807, 2.05) is 0 Å². The summed E-state index contributed by atoms with van der Waals surface area (Å²) in [5.74, 6) is 0. The maximum Gasteiger partial charge on any atom is 0.137 e. The normalized spacial score (nSPS) is 38.6. The molecule has 1 fully saturated rings. The Kier molecular flexibility index (Phi) is 1.27. The summed E-state index contributed by atoms with van der Waals surface area (Å²) in [7, 11) is 1.81. The standard InChI is InChI=1S/C4H9NO2/c1-5-4-3(2-6)7-4/h3-6H,2H2,1H3. The second-order valence-corrected chi connectivity index (χ2v) is 1.57. The lowest BCUT2D eigenvalue weighted by atomic mass is 10.5. The van der Waals surface area contributed by atoms with Gasteiger partial charge in [-0.2, -0.15) is 0 Å². The number of ether oxygens (including phenoxy) is 1. The van der Waals surface area contributed by atoms with Gasteiger partial charge in [-0.25, -0.2) is 0 Å². The van der Waals surface area contributed by atoms with Crippen molar-refractivity contribution in [3.8, 4) is 0 Å². The highest BCUT2D eigenvalue weighted by molar-refractivity contribution is 4.79. The fourth-order valence-electron chi connectivity index (χ4n) is 0.536. The summed E-state index contributed by atoms with van der Waals surface area (Å²) >= 11 is 0. The quantitative estimate of drug-likeness (QED) is 0.437. The van der Waals surface area contributed by atoms with E-state index in [2.05, 4.69) is 5.32 Å². The zero-order valence-corrected chi connectivity index (χ0v) is 4.22. The Hall–Kier alpha value is -0.120. The van der Waals surface area contributed by atoms with Gasteiger partial charge in [-0.3, -0.25) is 5.32 Å². The van der Waals surface area contributed by atoms with Crippen LogP contribution in [0.2, 0.25) is 0 Å². The lowest BCUT2D eigenvalue weighted by molar-refractivity contribution is 0.241. The molecule has 42 valence electrons. The van der Waals surface area contributed by atoms with Crippen LogP contribution in [0.1, 0.15) is 0 Å². The maximum absolute atomic E-state index is 8.34. The number of nitrogens with one attached hydrogen (secondary N) is 1.